The molecule has 0 saturated heterocycles. The molecular weight excluding hydrogens is 220 g/mol. The van der Waals surface area contributed by atoms with Crippen molar-refractivity contribution in [2.24, 2.45) is 11.7 Å². The lowest BCUT2D eigenvalue weighted by Crippen LogP contribution is -2.43. The van der Waals surface area contributed by atoms with Gasteiger partial charge in [0.2, 0.25) is 0 Å². The topological polar surface area (TPSA) is 29.3 Å². The van der Waals surface area contributed by atoms with Crippen molar-refractivity contribution in [2.75, 3.05) is 18.0 Å². The van der Waals surface area contributed by atoms with E-state index in [0.29, 0.717) is 5.92 Å². The molecule has 1 aliphatic heterocycles. The largest absolute Gasteiger partial charge is 0.370 e. The number of anilines is 1. The van der Waals surface area contributed by atoms with Gasteiger partial charge in [-0.05, 0) is 37.3 Å². The maximum Gasteiger partial charge on any atom is 0.0399 e. The highest BCUT2D eigenvalue weighted by molar-refractivity contribution is 5.56. The first kappa shape index (κ1) is 13.4. The molecule has 0 saturated carbocycles. The van der Waals surface area contributed by atoms with Crippen molar-refractivity contribution in [3.63, 3.8) is 0 Å². The normalized spacial score (nSPS) is 18.3. The summed E-state index contributed by atoms with van der Waals surface area (Å²) in [6.07, 6.45) is 3.63. The predicted octanol–water partition coefficient (Wildman–Crippen LogP) is 3.12. The van der Waals surface area contributed by atoms with Crippen LogP contribution in [-0.4, -0.2) is 19.1 Å². The van der Waals surface area contributed by atoms with Crippen molar-refractivity contribution in [1.82, 2.24) is 0 Å². The minimum absolute atomic E-state index is 0.280. The Kier molecular flexibility index (Phi) is 4.28. The second-order valence-corrected chi connectivity index (χ2v) is 5.73. The predicted molar refractivity (Wildman–Crippen MR) is 79.1 cm³/mol. The summed E-state index contributed by atoms with van der Waals surface area (Å²) >= 11 is 0. The summed E-state index contributed by atoms with van der Waals surface area (Å²) in [6, 6.07) is 7.09. The fourth-order valence-corrected chi connectivity index (χ4v) is 2.73. The molecule has 0 spiro atoms. The van der Waals surface area contributed by atoms with Gasteiger partial charge < -0.3 is 10.6 Å². The van der Waals surface area contributed by atoms with Gasteiger partial charge in [0.15, 0.2) is 0 Å². The van der Waals surface area contributed by atoms with Crippen LogP contribution in [-0.2, 0) is 6.42 Å². The fraction of sp³-hybridized carbons (Fsp3) is 0.625. The van der Waals surface area contributed by atoms with Crippen molar-refractivity contribution in [3.8, 4) is 0 Å². The van der Waals surface area contributed by atoms with Gasteiger partial charge in [0.05, 0.1) is 0 Å². The van der Waals surface area contributed by atoms with Crippen molar-refractivity contribution in [1.29, 1.82) is 0 Å². The van der Waals surface area contributed by atoms with E-state index in [1.165, 1.54) is 29.7 Å². The minimum atomic E-state index is 0.280. The molecule has 0 radical (unpaired) electrons. The second-order valence-electron chi connectivity index (χ2n) is 5.73. The van der Waals surface area contributed by atoms with Crippen LogP contribution in [0.2, 0.25) is 0 Å². The van der Waals surface area contributed by atoms with Crippen LogP contribution in [0.1, 0.15) is 37.8 Å². The number of hydrogen-bond acceptors (Lipinski definition) is 2. The van der Waals surface area contributed by atoms with Crippen LogP contribution in [0.3, 0.4) is 0 Å². The number of rotatable bonds is 4. The van der Waals surface area contributed by atoms with E-state index in [1.807, 2.05) is 0 Å². The third kappa shape index (κ3) is 2.86. The van der Waals surface area contributed by atoms with Gasteiger partial charge >= 0.3 is 0 Å². The Hall–Kier alpha value is -1.02. The van der Waals surface area contributed by atoms with Crippen molar-refractivity contribution < 1.29 is 0 Å². The minimum Gasteiger partial charge on any atom is -0.370 e. The lowest BCUT2D eigenvalue weighted by molar-refractivity contribution is 0.435. The van der Waals surface area contributed by atoms with Crippen molar-refractivity contribution in [3.05, 3.63) is 29.3 Å². The Labute approximate surface area is 111 Å². The maximum atomic E-state index is 6.30. The molecule has 1 aliphatic rings. The molecule has 1 heterocycles. The van der Waals surface area contributed by atoms with Crippen LogP contribution in [0.25, 0.3) is 0 Å². The first-order chi connectivity index (χ1) is 8.61. The molecule has 0 bridgehead atoms. The molecule has 0 aromatic heterocycles. The highest BCUT2D eigenvalue weighted by Gasteiger charge is 2.20. The van der Waals surface area contributed by atoms with E-state index in [1.54, 1.807) is 0 Å². The summed E-state index contributed by atoms with van der Waals surface area (Å²) in [5.74, 6) is 0.598. The van der Waals surface area contributed by atoms with E-state index in [0.717, 1.165) is 19.5 Å². The molecule has 18 heavy (non-hydrogen) atoms. The highest BCUT2D eigenvalue weighted by Crippen LogP contribution is 2.28. The molecule has 100 valence electrons. The van der Waals surface area contributed by atoms with Crippen molar-refractivity contribution in [2.45, 2.75) is 46.1 Å². The Bertz CT molecular complexity index is 400. The standard InChI is InChI=1S/C16H26N2/c1-4-13(3)15(17)11-18-9-5-6-14-10-12(2)7-8-16(14)18/h7-8,10,13,15H,4-6,9,11,17H2,1-3H3. The Morgan fingerprint density at radius 2 is 2.17 bits per heavy atom. The van der Waals surface area contributed by atoms with Crippen LogP contribution in [0.15, 0.2) is 18.2 Å². The third-order valence-corrected chi connectivity index (χ3v) is 4.26. The van der Waals surface area contributed by atoms with Crippen LogP contribution < -0.4 is 10.6 Å². The van der Waals surface area contributed by atoms with Gasteiger partial charge in [-0.15, -0.1) is 0 Å². The number of hydrogen-bond donors (Lipinski definition) is 1. The van der Waals surface area contributed by atoms with Gasteiger partial charge in [0.25, 0.3) is 0 Å². The fourth-order valence-electron chi connectivity index (χ4n) is 2.73. The van der Waals surface area contributed by atoms with E-state index >= 15 is 0 Å². The summed E-state index contributed by atoms with van der Waals surface area (Å²) in [5, 5.41) is 0. The zero-order valence-corrected chi connectivity index (χ0v) is 11.9. The molecule has 0 fully saturated rings. The van der Waals surface area contributed by atoms with Gasteiger partial charge in [0.1, 0.15) is 0 Å². The maximum absolute atomic E-state index is 6.30. The molecular formula is C16H26N2. The second kappa shape index (κ2) is 5.75. The van der Waals surface area contributed by atoms with Crippen molar-refractivity contribution >= 4 is 5.69 Å². The Balaban J connectivity index is 2.12. The van der Waals surface area contributed by atoms with Gasteiger partial charge in [-0.2, -0.15) is 0 Å². The molecule has 2 N–H and O–H groups in total. The molecule has 1 aromatic rings. The number of benzene rings is 1. The molecule has 0 aliphatic carbocycles. The SMILES string of the molecule is CCC(C)C(N)CN1CCCc2cc(C)ccc21. The van der Waals surface area contributed by atoms with E-state index < -0.39 is 0 Å². The molecule has 2 atom stereocenters. The average Bonchev–Trinajstić information content (AvgIpc) is 2.37. The Morgan fingerprint density at radius 3 is 2.89 bits per heavy atom. The zero-order chi connectivity index (χ0) is 13.1. The zero-order valence-electron chi connectivity index (χ0n) is 11.9. The molecule has 2 nitrogen and oxygen atoms in total. The number of aryl methyl sites for hydroxylation is 2. The van der Waals surface area contributed by atoms with Crippen LogP contribution in [0, 0.1) is 12.8 Å². The van der Waals surface area contributed by atoms with Crippen LogP contribution in [0.5, 0.6) is 0 Å². The van der Waals surface area contributed by atoms with Gasteiger partial charge in [0, 0.05) is 24.8 Å². The summed E-state index contributed by atoms with van der Waals surface area (Å²) < 4.78 is 0. The highest BCUT2D eigenvalue weighted by atomic mass is 15.1. The summed E-state index contributed by atoms with van der Waals surface area (Å²) in [4.78, 5) is 2.48. The number of nitrogens with two attached hydrogens (primary N) is 1. The number of nitrogens with zero attached hydrogens (tertiary/aromatic N) is 1. The molecule has 1 aromatic carbocycles. The summed E-state index contributed by atoms with van der Waals surface area (Å²) in [7, 11) is 0. The Morgan fingerprint density at radius 1 is 1.39 bits per heavy atom. The number of fused-ring (bicyclic) bond motifs is 1. The molecule has 2 rings (SSSR count). The monoisotopic (exact) mass is 246 g/mol. The van der Waals surface area contributed by atoms with E-state index in [4.69, 9.17) is 5.73 Å². The summed E-state index contributed by atoms with van der Waals surface area (Å²) in [6.45, 7) is 8.79. The van der Waals surface area contributed by atoms with Crippen LogP contribution in [0.4, 0.5) is 5.69 Å². The molecule has 2 heteroatoms. The smallest absolute Gasteiger partial charge is 0.0399 e. The van der Waals surface area contributed by atoms with E-state index in [-0.39, 0.29) is 6.04 Å². The van der Waals surface area contributed by atoms with E-state index in [9.17, 15) is 0 Å². The summed E-state index contributed by atoms with van der Waals surface area (Å²) in [5.41, 5.74) is 10.6. The first-order valence-electron chi connectivity index (χ1n) is 7.22. The lowest BCUT2D eigenvalue weighted by Gasteiger charge is -2.35. The van der Waals surface area contributed by atoms with Gasteiger partial charge in [-0.3, -0.25) is 0 Å². The van der Waals surface area contributed by atoms with E-state index in [2.05, 4.69) is 43.9 Å². The third-order valence-electron chi connectivity index (χ3n) is 4.26. The quantitative estimate of drug-likeness (QED) is 0.884. The first-order valence-corrected chi connectivity index (χ1v) is 7.22. The lowest BCUT2D eigenvalue weighted by atomic mass is 9.96. The molecule has 0 amide bonds. The van der Waals surface area contributed by atoms with Gasteiger partial charge in [-0.25, -0.2) is 0 Å². The van der Waals surface area contributed by atoms with Gasteiger partial charge in [-0.1, -0.05) is 38.0 Å². The van der Waals surface area contributed by atoms with Crippen LogP contribution >= 0.6 is 0 Å². The molecule has 2 unspecified atom stereocenters. The average molecular weight is 246 g/mol.